The molecule has 3 rings (SSSR count). The van der Waals surface area contributed by atoms with E-state index < -0.39 is 0 Å². The molecular formula is C21H20N2O3. The van der Waals surface area contributed by atoms with E-state index in [1.165, 1.54) is 0 Å². The summed E-state index contributed by atoms with van der Waals surface area (Å²) in [5.74, 6) is 1.01. The number of benzene rings is 3. The van der Waals surface area contributed by atoms with Crippen molar-refractivity contribution in [1.82, 2.24) is 5.43 Å². The van der Waals surface area contributed by atoms with Gasteiger partial charge >= 0.3 is 0 Å². The Morgan fingerprint density at radius 3 is 2.77 bits per heavy atom. The van der Waals surface area contributed by atoms with Gasteiger partial charge in [-0.05, 0) is 41.5 Å². The molecule has 0 saturated heterocycles. The number of rotatable bonds is 6. The molecule has 3 aromatic rings. The number of hydrazone groups is 1. The maximum Gasteiger partial charge on any atom is 0.277 e. The van der Waals surface area contributed by atoms with Crippen molar-refractivity contribution in [2.75, 3.05) is 13.7 Å². The maximum atomic E-state index is 11.9. The zero-order chi connectivity index (χ0) is 18.4. The fourth-order valence-corrected chi connectivity index (χ4v) is 2.64. The molecule has 0 saturated carbocycles. The van der Waals surface area contributed by atoms with Gasteiger partial charge in [-0.2, -0.15) is 5.10 Å². The van der Waals surface area contributed by atoms with Gasteiger partial charge in [-0.3, -0.25) is 4.79 Å². The monoisotopic (exact) mass is 348 g/mol. The Labute approximate surface area is 152 Å². The third kappa shape index (κ3) is 4.19. The van der Waals surface area contributed by atoms with E-state index >= 15 is 0 Å². The lowest BCUT2D eigenvalue weighted by molar-refractivity contribution is -0.123. The number of hydrogen-bond donors (Lipinski definition) is 1. The number of hydrogen-bond acceptors (Lipinski definition) is 4. The second-order valence-electron chi connectivity index (χ2n) is 5.80. The van der Waals surface area contributed by atoms with Gasteiger partial charge in [0.2, 0.25) is 0 Å². The van der Waals surface area contributed by atoms with Gasteiger partial charge in [-0.1, -0.05) is 42.5 Å². The van der Waals surface area contributed by atoms with Crippen LogP contribution in [0.4, 0.5) is 0 Å². The standard InChI is InChI=1S/C21H20N2O3/c1-15-6-5-8-17(12-15)26-14-21(24)23-22-13-19-18-9-4-3-7-16(18)10-11-20(19)25-2/h3-13H,14H2,1-2H3,(H,23,24)/b22-13-. The summed E-state index contributed by atoms with van der Waals surface area (Å²) in [6, 6.07) is 19.3. The minimum absolute atomic E-state index is 0.104. The second-order valence-corrected chi connectivity index (χ2v) is 5.80. The quantitative estimate of drug-likeness (QED) is 0.546. The van der Waals surface area contributed by atoms with Crippen molar-refractivity contribution in [2.45, 2.75) is 6.92 Å². The number of nitrogens with one attached hydrogen (secondary N) is 1. The van der Waals surface area contributed by atoms with Crippen LogP contribution in [0.3, 0.4) is 0 Å². The molecule has 1 N–H and O–H groups in total. The van der Waals surface area contributed by atoms with Crippen LogP contribution in [0.15, 0.2) is 65.8 Å². The molecule has 0 atom stereocenters. The Morgan fingerprint density at radius 1 is 1.12 bits per heavy atom. The molecule has 0 fully saturated rings. The zero-order valence-corrected chi connectivity index (χ0v) is 14.7. The molecule has 26 heavy (non-hydrogen) atoms. The average molecular weight is 348 g/mol. The molecule has 5 nitrogen and oxygen atoms in total. The number of carbonyl (C=O) groups excluding carboxylic acids is 1. The average Bonchev–Trinajstić information content (AvgIpc) is 2.66. The number of nitrogens with zero attached hydrogens (tertiary/aromatic N) is 1. The van der Waals surface area contributed by atoms with E-state index in [9.17, 15) is 4.79 Å². The second kappa shape index (κ2) is 8.16. The van der Waals surface area contributed by atoms with Crippen molar-refractivity contribution in [3.8, 4) is 11.5 Å². The minimum Gasteiger partial charge on any atom is -0.496 e. The fraction of sp³-hybridized carbons (Fsp3) is 0.143. The molecule has 0 bridgehead atoms. The van der Waals surface area contributed by atoms with Crippen molar-refractivity contribution in [2.24, 2.45) is 5.10 Å². The summed E-state index contributed by atoms with van der Waals surface area (Å²) in [5.41, 5.74) is 4.37. The first kappa shape index (κ1) is 17.5. The zero-order valence-electron chi connectivity index (χ0n) is 14.7. The smallest absolute Gasteiger partial charge is 0.277 e. The van der Waals surface area contributed by atoms with Gasteiger partial charge in [-0.15, -0.1) is 0 Å². The van der Waals surface area contributed by atoms with E-state index in [0.29, 0.717) is 11.5 Å². The first-order valence-electron chi connectivity index (χ1n) is 8.24. The van der Waals surface area contributed by atoms with E-state index in [1.807, 2.05) is 67.6 Å². The Bertz CT molecular complexity index is 951. The highest BCUT2D eigenvalue weighted by molar-refractivity contribution is 6.02. The van der Waals surface area contributed by atoms with Crippen LogP contribution in [0.1, 0.15) is 11.1 Å². The third-order valence-corrected chi connectivity index (χ3v) is 3.89. The van der Waals surface area contributed by atoms with E-state index in [2.05, 4.69) is 10.5 Å². The van der Waals surface area contributed by atoms with Gasteiger partial charge in [0.05, 0.1) is 13.3 Å². The van der Waals surface area contributed by atoms with Crippen LogP contribution in [0.25, 0.3) is 10.8 Å². The number of amides is 1. The van der Waals surface area contributed by atoms with E-state index in [1.54, 1.807) is 13.3 Å². The molecule has 0 aliphatic heterocycles. The van der Waals surface area contributed by atoms with E-state index in [-0.39, 0.29) is 12.5 Å². The maximum absolute atomic E-state index is 11.9. The number of methoxy groups -OCH3 is 1. The van der Waals surface area contributed by atoms with Gasteiger partial charge in [0.15, 0.2) is 6.61 Å². The molecule has 0 heterocycles. The number of aryl methyl sites for hydroxylation is 1. The number of ether oxygens (including phenoxy) is 2. The Balaban J connectivity index is 1.66. The topological polar surface area (TPSA) is 59.9 Å². The summed E-state index contributed by atoms with van der Waals surface area (Å²) in [4.78, 5) is 11.9. The normalized spacial score (nSPS) is 10.8. The number of carbonyl (C=O) groups is 1. The largest absolute Gasteiger partial charge is 0.496 e. The molecule has 0 aliphatic carbocycles. The summed E-state index contributed by atoms with van der Waals surface area (Å²) in [6.45, 7) is 1.86. The summed E-state index contributed by atoms with van der Waals surface area (Å²) < 4.78 is 10.9. The van der Waals surface area contributed by atoms with Crippen molar-refractivity contribution < 1.29 is 14.3 Å². The highest BCUT2D eigenvalue weighted by Crippen LogP contribution is 2.26. The van der Waals surface area contributed by atoms with Crippen molar-refractivity contribution in [3.05, 3.63) is 71.8 Å². The predicted octanol–water partition coefficient (Wildman–Crippen LogP) is 3.69. The van der Waals surface area contributed by atoms with Gasteiger partial charge in [0.1, 0.15) is 11.5 Å². The van der Waals surface area contributed by atoms with Crippen LogP contribution >= 0.6 is 0 Å². The molecule has 132 valence electrons. The van der Waals surface area contributed by atoms with Crippen LogP contribution in [0.5, 0.6) is 11.5 Å². The first-order valence-corrected chi connectivity index (χ1v) is 8.24. The van der Waals surface area contributed by atoms with Crippen LogP contribution in [-0.4, -0.2) is 25.8 Å². The van der Waals surface area contributed by atoms with Gasteiger partial charge < -0.3 is 9.47 Å². The van der Waals surface area contributed by atoms with Crippen molar-refractivity contribution in [1.29, 1.82) is 0 Å². The third-order valence-electron chi connectivity index (χ3n) is 3.89. The van der Waals surface area contributed by atoms with Crippen LogP contribution in [0, 0.1) is 6.92 Å². The Hall–Kier alpha value is -3.34. The SMILES string of the molecule is COc1ccc2ccccc2c1/C=N\NC(=O)COc1cccc(C)c1. The van der Waals surface area contributed by atoms with E-state index in [4.69, 9.17) is 9.47 Å². The number of fused-ring (bicyclic) bond motifs is 1. The lowest BCUT2D eigenvalue weighted by atomic mass is 10.0. The van der Waals surface area contributed by atoms with E-state index in [0.717, 1.165) is 21.9 Å². The molecule has 1 amide bonds. The summed E-state index contributed by atoms with van der Waals surface area (Å²) in [7, 11) is 1.61. The van der Waals surface area contributed by atoms with Crippen LogP contribution < -0.4 is 14.9 Å². The molecular weight excluding hydrogens is 328 g/mol. The summed E-state index contributed by atoms with van der Waals surface area (Å²) >= 11 is 0. The molecule has 3 aromatic carbocycles. The Morgan fingerprint density at radius 2 is 1.96 bits per heavy atom. The molecule has 0 unspecified atom stereocenters. The molecule has 0 spiro atoms. The molecule has 5 heteroatoms. The fourth-order valence-electron chi connectivity index (χ4n) is 2.64. The van der Waals surface area contributed by atoms with Crippen LogP contribution in [0.2, 0.25) is 0 Å². The Kier molecular flexibility index (Phi) is 5.49. The lowest BCUT2D eigenvalue weighted by Gasteiger charge is -2.08. The summed E-state index contributed by atoms with van der Waals surface area (Å²) in [5, 5.41) is 6.12. The highest BCUT2D eigenvalue weighted by atomic mass is 16.5. The summed E-state index contributed by atoms with van der Waals surface area (Å²) in [6.07, 6.45) is 1.59. The molecule has 0 aliphatic rings. The first-order chi connectivity index (χ1) is 12.7. The van der Waals surface area contributed by atoms with Gasteiger partial charge in [-0.25, -0.2) is 5.43 Å². The highest BCUT2D eigenvalue weighted by Gasteiger charge is 2.06. The van der Waals surface area contributed by atoms with Crippen molar-refractivity contribution >= 4 is 22.9 Å². The van der Waals surface area contributed by atoms with Gasteiger partial charge in [0.25, 0.3) is 5.91 Å². The van der Waals surface area contributed by atoms with Gasteiger partial charge in [0, 0.05) is 5.56 Å². The van der Waals surface area contributed by atoms with Crippen molar-refractivity contribution in [3.63, 3.8) is 0 Å². The lowest BCUT2D eigenvalue weighted by Crippen LogP contribution is -2.24. The molecule has 0 aromatic heterocycles. The predicted molar refractivity (Wildman–Crippen MR) is 103 cm³/mol. The molecule has 0 radical (unpaired) electrons. The minimum atomic E-state index is -0.332. The van der Waals surface area contributed by atoms with Crippen LogP contribution in [-0.2, 0) is 4.79 Å².